The van der Waals surface area contributed by atoms with Crippen molar-refractivity contribution < 1.29 is 14.3 Å². The molecule has 4 heteroatoms. The zero-order chi connectivity index (χ0) is 15.7. The molecule has 0 aliphatic heterocycles. The Labute approximate surface area is 145 Å². The Morgan fingerprint density at radius 3 is 2.73 bits per heavy atom. The van der Waals surface area contributed by atoms with Gasteiger partial charge in [0.25, 0.3) is 0 Å². The second-order valence-corrected chi connectivity index (χ2v) is 8.17. The van der Waals surface area contributed by atoms with Crippen molar-refractivity contribution in [3.8, 4) is 5.75 Å². The van der Waals surface area contributed by atoms with Crippen molar-refractivity contribution in [2.45, 2.75) is 36.0 Å². The first kappa shape index (κ1) is 16.1. The summed E-state index contributed by atoms with van der Waals surface area (Å²) in [6.45, 7) is 2.78. The van der Waals surface area contributed by atoms with Crippen molar-refractivity contribution in [3.05, 3.63) is 29.8 Å². The lowest BCUT2D eigenvalue weighted by atomic mass is 9.83. The minimum Gasteiger partial charge on any atom is -0.493 e. The summed E-state index contributed by atoms with van der Waals surface area (Å²) in [4.78, 5) is 11.9. The fourth-order valence-electron chi connectivity index (χ4n) is 3.15. The molecule has 1 aromatic carbocycles. The van der Waals surface area contributed by atoms with Gasteiger partial charge in [-0.15, -0.1) is 0 Å². The Morgan fingerprint density at radius 2 is 2.14 bits per heavy atom. The minimum absolute atomic E-state index is 0.102. The van der Waals surface area contributed by atoms with E-state index in [0.717, 1.165) is 16.3 Å². The van der Waals surface area contributed by atoms with Gasteiger partial charge in [0.2, 0.25) is 0 Å². The zero-order valence-electron chi connectivity index (χ0n) is 13.1. The van der Waals surface area contributed by atoms with E-state index >= 15 is 0 Å². The number of rotatable bonds is 7. The van der Waals surface area contributed by atoms with Crippen LogP contribution in [0.3, 0.4) is 0 Å². The van der Waals surface area contributed by atoms with Crippen LogP contribution >= 0.6 is 22.6 Å². The smallest absolute Gasteiger partial charge is 0.309 e. The number of carbonyl (C=O) groups excluding carboxylic acids is 1. The van der Waals surface area contributed by atoms with Crippen LogP contribution in [0, 0.1) is 17.8 Å². The number of halogens is 1. The molecular formula is C18H23IO3. The summed E-state index contributed by atoms with van der Waals surface area (Å²) in [5.74, 6) is 2.26. The van der Waals surface area contributed by atoms with Gasteiger partial charge in [0.05, 0.1) is 19.6 Å². The normalized spacial score (nSPS) is 26.1. The molecule has 0 spiro atoms. The van der Waals surface area contributed by atoms with Gasteiger partial charge in [0.15, 0.2) is 0 Å². The first-order valence-corrected chi connectivity index (χ1v) is 9.29. The monoisotopic (exact) mass is 414 g/mol. The lowest BCUT2D eigenvalue weighted by Gasteiger charge is -2.23. The van der Waals surface area contributed by atoms with Gasteiger partial charge in [-0.05, 0) is 48.8 Å². The van der Waals surface area contributed by atoms with Gasteiger partial charge in [-0.2, -0.15) is 0 Å². The molecule has 0 amide bonds. The number of ether oxygens (including phenoxy) is 2. The summed E-state index contributed by atoms with van der Waals surface area (Å²) in [7, 11) is 1.47. The van der Waals surface area contributed by atoms with Crippen molar-refractivity contribution in [1.29, 1.82) is 0 Å². The number of benzene rings is 1. The van der Waals surface area contributed by atoms with Crippen LogP contribution in [0.2, 0.25) is 0 Å². The predicted molar refractivity (Wildman–Crippen MR) is 94.5 cm³/mol. The molecule has 0 aromatic heterocycles. The van der Waals surface area contributed by atoms with E-state index in [-0.39, 0.29) is 17.8 Å². The number of hydrogen-bond donors (Lipinski definition) is 0. The van der Waals surface area contributed by atoms with Gasteiger partial charge in [-0.1, -0.05) is 41.6 Å². The fraction of sp³-hybridized carbons (Fsp3) is 0.611. The Morgan fingerprint density at radius 1 is 1.41 bits per heavy atom. The standard InChI is InChI=1S/C18H23IO3/c1-11(18(20)21-2)17(12-6-7-12)13-4-3-5-15(8-13)22-10-14-9-16(14)19/h3-5,8,11-12,14,16-17H,6-7,9-10H2,1-2H3/t11-,14+,16-,17-/m0/s1. The van der Waals surface area contributed by atoms with Gasteiger partial charge in [0.1, 0.15) is 5.75 Å². The molecule has 22 heavy (non-hydrogen) atoms. The molecule has 2 saturated carbocycles. The number of esters is 1. The maximum absolute atomic E-state index is 11.9. The summed E-state index contributed by atoms with van der Waals surface area (Å²) in [5, 5.41) is 0. The van der Waals surface area contributed by atoms with Gasteiger partial charge in [-0.3, -0.25) is 4.79 Å². The number of hydrogen-bond acceptors (Lipinski definition) is 3. The van der Waals surface area contributed by atoms with Crippen LogP contribution in [0.25, 0.3) is 0 Å². The predicted octanol–water partition coefficient (Wildman–Crippen LogP) is 4.19. The van der Waals surface area contributed by atoms with E-state index in [0.29, 0.717) is 11.8 Å². The molecule has 0 radical (unpaired) electrons. The van der Waals surface area contributed by atoms with E-state index < -0.39 is 0 Å². The van der Waals surface area contributed by atoms with Crippen LogP contribution in [-0.4, -0.2) is 23.6 Å². The summed E-state index contributed by atoms with van der Waals surface area (Å²) >= 11 is 2.48. The average molecular weight is 414 g/mol. The Balaban J connectivity index is 1.71. The molecule has 2 aliphatic carbocycles. The van der Waals surface area contributed by atoms with Gasteiger partial charge in [0, 0.05) is 9.84 Å². The molecule has 0 N–H and O–H groups in total. The molecule has 0 saturated heterocycles. The maximum atomic E-state index is 11.9. The highest BCUT2D eigenvalue weighted by molar-refractivity contribution is 14.1. The average Bonchev–Trinajstić information content (AvgIpc) is 3.44. The van der Waals surface area contributed by atoms with Gasteiger partial charge in [-0.25, -0.2) is 0 Å². The van der Waals surface area contributed by atoms with E-state index in [4.69, 9.17) is 9.47 Å². The molecule has 0 bridgehead atoms. The first-order chi connectivity index (χ1) is 10.6. The van der Waals surface area contributed by atoms with Gasteiger partial charge < -0.3 is 9.47 Å². The summed E-state index contributed by atoms with van der Waals surface area (Å²) in [5.41, 5.74) is 1.21. The third-order valence-corrected chi connectivity index (χ3v) is 6.31. The van der Waals surface area contributed by atoms with Crippen molar-refractivity contribution in [2.75, 3.05) is 13.7 Å². The lowest BCUT2D eigenvalue weighted by molar-refractivity contribution is -0.145. The quantitative estimate of drug-likeness (QED) is 0.381. The SMILES string of the molecule is COC(=O)[C@@H](C)[C@H](c1cccc(OC[C@H]2C[C@@H]2I)c1)C1CC1. The molecule has 2 aliphatic rings. The molecule has 0 unspecified atom stereocenters. The van der Waals surface area contributed by atoms with Crippen molar-refractivity contribution >= 4 is 28.6 Å². The zero-order valence-corrected chi connectivity index (χ0v) is 15.3. The highest BCUT2D eigenvalue weighted by Gasteiger charge is 2.39. The number of carbonyl (C=O) groups is 1. The molecule has 3 nitrogen and oxygen atoms in total. The Kier molecular flexibility index (Phi) is 4.95. The largest absolute Gasteiger partial charge is 0.493 e. The molecule has 4 atom stereocenters. The maximum Gasteiger partial charge on any atom is 0.309 e. The van der Waals surface area contributed by atoms with Crippen LogP contribution in [-0.2, 0) is 9.53 Å². The van der Waals surface area contributed by atoms with E-state index in [2.05, 4.69) is 34.7 Å². The second kappa shape index (κ2) is 6.77. The second-order valence-electron chi connectivity index (χ2n) is 6.57. The van der Waals surface area contributed by atoms with Crippen molar-refractivity contribution in [1.82, 2.24) is 0 Å². The molecule has 1 aromatic rings. The Hall–Kier alpha value is -0.780. The van der Waals surface area contributed by atoms with E-state index in [1.807, 2.05) is 19.1 Å². The molecular weight excluding hydrogens is 391 g/mol. The summed E-state index contributed by atoms with van der Waals surface area (Å²) in [6.07, 6.45) is 3.68. The molecule has 0 heterocycles. The highest BCUT2D eigenvalue weighted by atomic mass is 127. The van der Waals surface area contributed by atoms with E-state index in [9.17, 15) is 4.79 Å². The molecule has 2 fully saturated rings. The third-order valence-electron chi connectivity index (χ3n) is 4.78. The summed E-state index contributed by atoms with van der Waals surface area (Å²) in [6, 6.07) is 8.29. The topological polar surface area (TPSA) is 35.5 Å². The van der Waals surface area contributed by atoms with Gasteiger partial charge >= 0.3 is 5.97 Å². The van der Waals surface area contributed by atoms with E-state index in [1.54, 1.807) is 0 Å². The number of alkyl halides is 1. The molecule has 120 valence electrons. The fourth-order valence-corrected chi connectivity index (χ4v) is 4.02. The van der Waals surface area contributed by atoms with Crippen LogP contribution in [0.15, 0.2) is 24.3 Å². The number of methoxy groups -OCH3 is 1. The van der Waals surface area contributed by atoms with Crippen molar-refractivity contribution in [2.24, 2.45) is 17.8 Å². The van der Waals surface area contributed by atoms with Crippen LogP contribution in [0.5, 0.6) is 5.75 Å². The van der Waals surface area contributed by atoms with E-state index in [1.165, 1.54) is 31.9 Å². The Bertz CT molecular complexity index is 541. The lowest BCUT2D eigenvalue weighted by Crippen LogP contribution is -2.22. The molecule has 3 rings (SSSR count). The van der Waals surface area contributed by atoms with Crippen LogP contribution in [0.4, 0.5) is 0 Å². The first-order valence-electron chi connectivity index (χ1n) is 8.04. The van der Waals surface area contributed by atoms with Crippen LogP contribution in [0.1, 0.15) is 37.7 Å². The summed E-state index contributed by atoms with van der Waals surface area (Å²) < 4.78 is 11.7. The third kappa shape index (κ3) is 3.76. The highest BCUT2D eigenvalue weighted by Crippen LogP contribution is 2.47. The van der Waals surface area contributed by atoms with Crippen LogP contribution < -0.4 is 4.74 Å². The minimum atomic E-state index is -0.117. The van der Waals surface area contributed by atoms with Crippen molar-refractivity contribution in [3.63, 3.8) is 0 Å².